The molecule has 0 unspecified atom stereocenters. The highest BCUT2D eigenvalue weighted by Gasteiger charge is 2.10. The molecule has 4 nitrogen and oxygen atoms in total. The molecule has 0 fully saturated rings. The fourth-order valence-electron chi connectivity index (χ4n) is 0.800. The minimum Gasteiger partial charge on any atom is -0.469 e. The molecule has 0 bridgehead atoms. The highest BCUT2D eigenvalue weighted by Crippen LogP contribution is 2.04. The molecule has 13 heavy (non-hydrogen) atoms. The lowest BCUT2D eigenvalue weighted by Crippen LogP contribution is -2.15. The first-order valence-corrected chi connectivity index (χ1v) is 3.96. The van der Waals surface area contributed by atoms with Crippen molar-refractivity contribution >= 4 is 11.9 Å². The second-order valence-corrected chi connectivity index (χ2v) is 2.50. The Labute approximate surface area is 77.5 Å². The number of rotatable bonds is 5. The van der Waals surface area contributed by atoms with Crippen LogP contribution in [0, 0.1) is 0 Å². The van der Waals surface area contributed by atoms with E-state index in [1.165, 1.54) is 20.1 Å². The van der Waals surface area contributed by atoms with E-state index in [0.29, 0.717) is 6.42 Å². The summed E-state index contributed by atoms with van der Waals surface area (Å²) in [6.45, 7) is 4.80. The summed E-state index contributed by atoms with van der Waals surface area (Å²) in [5.41, 5.74) is 0. The van der Waals surface area contributed by atoms with E-state index in [9.17, 15) is 9.59 Å². The van der Waals surface area contributed by atoms with E-state index in [4.69, 9.17) is 4.74 Å². The van der Waals surface area contributed by atoms with Crippen LogP contribution in [0.5, 0.6) is 0 Å². The number of hydrogen-bond donors (Lipinski definition) is 0. The predicted octanol–water partition coefficient (Wildman–Crippen LogP) is 1.06. The first kappa shape index (κ1) is 11.7. The van der Waals surface area contributed by atoms with Crippen LogP contribution in [0.1, 0.15) is 19.8 Å². The Hall–Kier alpha value is -1.32. The molecule has 0 aromatic rings. The quantitative estimate of drug-likeness (QED) is 0.476. The first-order valence-electron chi connectivity index (χ1n) is 3.96. The van der Waals surface area contributed by atoms with Gasteiger partial charge in [0.05, 0.1) is 7.11 Å². The lowest BCUT2D eigenvalue weighted by molar-refractivity contribution is -0.147. The number of ether oxygens (including phenoxy) is 2. The zero-order valence-corrected chi connectivity index (χ0v) is 7.91. The van der Waals surface area contributed by atoms with E-state index in [0.717, 1.165) is 0 Å². The van der Waals surface area contributed by atoms with Crippen LogP contribution in [-0.2, 0) is 19.1 Å². The molecular weight excluding hydrogens is 172 g/mol. The molecule has 0 amide bonds. The molecule has 1 atom stereocenters. The van der Waals surface area contributed by atoms with Gasteiger partial charge in [0.1, 0.15) is 6.10 Å². The molecule has 0 aliphatic heterocycles. The SMILES string of the molecule is C=C[C@@H](CCC(=O)OC)OC(C)=O. The maximum atomic E-state index is 10.7. The van der Waals surface area contributed by atoms with Crippen LogP contribution >= 0.6 is 0 Å². The number of carbonyl (C=O) groups is 2. The van der Waals surface area contributed by atoms with E-state index >= 15 is 0 Å². The standard InChI is InChI=1S/C9H14O4/c1-4-8(13-7(2)10)5-6-9(11)12-3/h4,8H,1,5-6H2,2-3H3/t8-/m0/s1. The summed E-state index contributed by atoms with van der Waals surface area (Å²) >= 11 is 0. The average Bonchev–Trinajstić information content (AvgIpc) is 2.10. The van der Waals surface area contributed by atoms with Gasteiger partial charge in [-0.15, -0.1) is 0 Å². The molecule has 74 valence electrons. The Morgan fingerprint density at radius 3 is 2.54 bits per heavy atom. The van der Waals surface area contributed by atoms with Gasteiger partial charge in [-0.1, -0.05) is 12.7 Å². The average molecular weight is 186 g/mol. The van der Waals surface area contributed by atoms with Crippen molar-refractivity contribution in [2.24, 2.45) is 0 Å². The zero-order chi connectivity index (χ0) is 10.3. The molecule has 4 heteroatoms. The van der Waals surface area contributed by atoms with Crippen LogP contribution in [0.4, 0.5) is 0 Å². The summed E-state index contributed by atoms with van der Waals surface area (Å²) < 4.78 is 9.27. The second kappa shape index (κ2) is 6.22. The third kappa shape index (κ3) is 5.90. The monoisotopic (exact) mass is 186 g/mol. The Morgan fingerprint density at radius 2 is 2.15 bits per heavy atom. The van der Waals surface area contributed by atoms with Crippen molar-refractivity contribution in [2.75, 3.05) is 7.11 Å². The third-order valence-electron chi connectivity index (χ3n) is 1.44. The van der Waals surface area contributed by atoms with Gasteiger partial charge in [0.15, 0.2) is 0 Å². The van der Waals surface area contributed by atoms with Gasteiger partial charge in [0.25, 0.3) is 0 Å². The smallest absolute Gasteiger partial charge is 0.305 e. The number of methoxy groups -OCH3 is 1. The van der Waals surface area contributed by atoms with Gasteiger partial charge < -0.3 is 9.47 Å². The minimum absolute atomic E-state index is 0.223. The maximum absolute atomic E-state index is 10.7. The summed E-state index contributed by atoms with van der Waals surface area (Å²) in [5, 5.41) is 0. The molecule has 0 heterocycles. The van der Waals surface area contributed by atoms with Gasteiger partial charge in [0, 0.05) is 13.3 Å². The van der Waals surface area contributed by atoms with Crippen molar-refractivity contribution in [2.45, 2.75) is 25.9 Å². The summed E-state index contributed by atoms with van der Waals surface area (Å²) in [6.07, 6.45) is 1.72. The van der Waals surface area contributed by atoms with Crippen molar-refractivity contribution in [3.63, 3.8) is 0 Å². The van der Waals surface area contributed by atoms with Gasteiger partial charge in [-0.25, -0.2) is 0 Å². The molecule has 0 saturated carbocycles. The minimum atomic E-state index is -0.406. The lowest BCUT2D eigenvalue weighted by Gasteiger charge is -2.11. The van der Waals surface area contributed by atoms with Crippen molar-refractivity contribution in [1.29, 1.82) is 0 Å². The second-order valence-electron chi connectivity index (χ2n) is 2.50. The number of esters is 2. The zero-order valence-electron chi connectivity index (χ0n) is 7.91. The fraction of sp³-hybridized carbons (Fsp3) is 0.556. The molecular formula is C9H14O4. The third-order valence-corrected chi connectivity index (χ3v) is 1.44. The van der Waals surface area contributed by atoms with Gasteiger partial charge in [-0.05, 0) is 6.42 Å². The van der Waals surface area contributed by atoms with Gasteiger partial charge in [-0.2, -0.15) is 0 Å². The van der Waals surface area contributed by atoms with Crippen molar-refractivity contribution < 1.29 is 19.1 Å². The number of carbonyl (C=O) groups excluding carboxylic acids is 2. The first-order chi connectivity index (χ1) is 6.10. The Kier molecular flexibility index (Phi) is 5.59. The molecule has 0 aromatic carbocycles. The molecule has 0 saturated heterocycles. The molecule has 0 aliphatic rings. The van der Waals surface area contributed by atoms with E-state index in [-0.39, 0.29) is 18.4 Å². The normalized spacial score (nSPS) is 11.5. The van der Waals surface area contributed by atoms with Gasteiger partial charge >= 0.3 is 11.9 Å². The van der Waals surface area contributed by atoms with Crippen LogP contribution < -0.4 is 0 Å². The molecule has 0 rings (SSSR count). The van der Waals surface area contributed by atoms with Crippen molar-refractivity contribution in [3.8, 4) is 0 Å². The summed E-state index contributed by atoms with van der Waals surface area (Å²) in [6, 6.07) is 0. The Balaban J connectivity index is 3.78. The summed E-state index contributed by atoms with van der Waals surface area (Å²) in [4.78, 5) is 21.3. The van der Waals surface area contributed by atoms with Crippen LogP contribution in [0.3, 0.4) is 0 Å². The van der Waals surface area contributed by atoms with Crippen LogP contribution in [0.2, 0.25) is 0 Å². The summed E-state index contributed by atoms with van der Waals surface area (Å²) in [7, 11) is 1.32. The van der Waals surface area contributed by atoms with Crippen molar-refractivity contribution in [1.82, 2.24) is 0 Å². The molecule has 0 N–H and O–H groups in total. The van der Waals surface area contributed by atoms with Crippen molar-refractivity contribution in [3.05, 3.63) is 12.7 Å². The van der Waals surface area contributed by atoms with E-state index in [2.05, 4.69) is 11.3 Å². The van der Waals surface area contributed by atoms with Gasteiger partial charge in [-0.3, -0.25) is 9.59 Å². The van der Waals surface area contributed by atoms with E-state index in [1.807, 2.05) is 0 Å². The molecule has 0 spiro atoms. The number of hydrogen-bond acceptors (Lipinski definition) is 4. The molecule has 0 aromatic heterocycles. The molecule has 0 radical (unpaired) electrons. The summed E-state index contributed by atoms with van der Waals surface area (Å²) in [5.74, 6) is -0.700. The van der Waals surface area contributed by atoms with Crippen LogP contribution in [0.25, 0.3) is 0 Å². The fourth-order valence-corrected chi connectivity index (χ4v) is 0.800. The molecule has 0 aliphatic carbocycles. The van der Waals surface area contributed by atoms with Gasteiger partial charge in [0.2, 0.25) is 0 Å². The Bertz CT molecular complexity index is 198. The predicted molar refractivity (Wildman–Crippen MR) is 47.0 cm³/mol. The largest absolute Gasteiger partial charge is 0.469 e. The maximum Gasteiger partial charge on any atom is 0.305 e. The topological polar surface area (TPSA) is 52.6 Å². The van der Waals surface area contributed by atoms with Crippen LogP contribution in [-0.4, -0.2) is 25.2 Å². The van der Waals surface area contributed by atoms with E-state index < -0.39 is 6.10 Å². The highest BCUT2D eigenvalue weighted by atomic mass is 16.5. The van der Waals surface area contributed by atoms with E-state index in [1.54, 1.807) is 0 Å². The Morgan fingerprint density at radius 1 is 1.54 bits per heavy atom. The van der Waals surface area contributed by atoms with Crippen LogP contribution in [0.15, 0.2) is 12.7 Å². The lowest BCUT2D eigenvalue weighted by atomic mass is 10.2. The highest BCUT2D eigenvalue weighted by molar-refractivity contribution is 5.69.